The molecule has 0 aliphatic carbocycles. The van der Waals surface area contributed by atoms with Gasteiger partial charge in [-0.3, -0.25) is 4.79 Å². The summed E-state index contributed by atoms with van der Waals surface area (Å²) in [5, 5.41) is 0. The Bertz CT molecular complexity index is 475. The normalized spacial score (nSPS) is 13.4. The Morgan fingerprint density at radius 1 is 1.16 bits per heavy atom. The van der Waals surface area contributed by atoms with Gasteiger partial charge in [-0.1, -0.05) is 27.7 Å². The zero-order valence-electron chi connectivity index (χ0n) is 11.7. The maximum absolute atomic E-state index is 13.5. The monoisotopic (exact) mass is 272 g/mol. The van der Waals surface area contributed by atoms with Crippen LogP contribution >= 0.6 is 0 Å². The summed E-state index contributed by atoms with van der Waals surface area (Å²) in [4.78, 5) is 11.9. The Labute approximate surface area is 111 Å². The van der Waals surface area contributed by atoms with Crippen LogP contribution in [-0.2, 0) is 0 Å². The summed E-state index contributed by atoms with van der Waals surface area (Å²) >= 11 is 0. The second kappa shape index (κ2) is 5.76. The molecule has 0 aliphatic rings. The quantitative estimate of drug-likeness (QED) is 0.571. The molecule has 0 heterocycles. The molecule has 0 fully saturated rings. The number of carbonyl (C=O) groups excluding carboxylic acids is 1. The fourth-order valence-corrected chi connectivity index (χ4v) is 2.29. The largest absolute Gasteiger partial charge is 0.294 e. The van der Waals surface area contributed by atoms with Gasteiger partial charge in [-0.15, -0.1) is 0 Å². The molecule has 1 atom stereocenters. The molecule has 1 aromatic rings. The third kappa shape index (κ3) is 4.37. The lowest BCUT2D eigenvalue weighted by Gasteiger charge is -2.22. The lowest BCUT2D eigenvalue weighted by atomic mass is 9.83. The van der Waals surface area contributed by atoms with Crippen molar-refractivity contribution in [3.63, 3.8) is 0 Å². The summed E-state index contributed by atoms with van der Waals surface area (Å²) < 4.78 is 39.3. The number of Topliss-reactive ketones (excluding diaryl/α,β-unsaturated/α-hetero) is 1. The highest BCUT2D eigenvalue weighted by molar-refractivity contribution is 5.96. The van der Waals surface area contributed by atoms with Gasteiger partial charge in [0.25, 0.3) is 0 Å². The van der Waals surface area contributed by atoms with Crippen molar-refractivity contribution >= 4 is 5.78 Å². The highest BCUT2D eigenvalue weighted by atomic mass is 19.2. The van der Waals surface area contributed by atoms with Crippen molar-refractivity contribution in [1.82, 2.24) is 0 Å². The van der Waals surface area contributed by atoms with Crippen LogP contribution in [-0.4, -0.2) is 5.78 Å². The number of carbonyl (C=O) groups is 1. The topological polar surface area (TPSA) is 17.1 Å². The highest BCUT2D eigenvalue weighted by Crippen LogP contribution is 2.27. The van der Waals surface area contributed by atoms with E-state index < -0.39 is 23.2 Å². The van der Waals surface area contributed by atoms with Gasteiger partial charge in [0.05, 0.1) is 5.56 Å². The second-order valence-electron chi connectivity index (χ2n) is 6.22. The van der Waals surface area contributed by atoms with Crippen molar-refractivity contribution in [3.05, 3.63) is 35.1 Å². The van der Waals surface area contributed by atoms with Gasteiger partial charge in [0.1, 0.15) is 0 Å². The van der Waals surface area contributed by atoms with E-state index in [0.29, 0.717) is 0 Å². The number of hydrogen-bond donors (Lipinski definition) is 0. The van der Waals surface area contributed by atoms with Gasteiger partial charge in [0.2, 0.25) is 0 Å². The summed E-state index contributed by atoms with van der Waals surface area (Å²) in [7, 11) is 0. The third-order valence-corrected chi connectivity index (χ3v) is 2.83. The predicted octanol–water partition coefficient (Wildman–Crippen LogP) is 4.75. The second-order valence-corrected chi connectivity index (χ2v) is 6.22. The van der Waals surface area contributed by atoms with Crippen LogP contribution in [0.2, 0.25) is 0 Å². The average Bonchev–Trinajstić information content (AvgIpc) is 2.23. The van der Waals surface area contributed by atoms with Crippen molar-refractivity contribution in [2.24, 2.45) is 11.3 Å². The van der Waals surface area contributed by atoms with Crippen LogP contribution in [0.5, 0.6) is 0 Å². The van der Waals surface area contributed by atoms with Crippen molar-refractivity contribution in [2.45, 2.75) is 40.5 Å². The fourth-order valence-electron chi connectivity index (χ4n) is 2.29. The Morgan fingerprint density at radius 3 is 2.26 bits per heavy atom. The lowest BCUT2D eigenvalue weighted by molar-refractivity contribution is 0.0949. The van der Waals surface area contributed by atoms with Gasteiger partial charge in [0, 0.05) is 6.42 Å². The summed E-state index contributed by atoms with van der Waals surface area (Å²) in [6, 6.07) is 1.78. The molecule has 0 saturated heterocycles. The molecule has 4 heteroatoms. The molecule has 0 aliphatic heterocycles. The smallest absolute Gasteiger partial charge is 0.195 e. The standard InChI is InChI=1S/C15H19F3O/c1-9(8-15(2,3)4)7-12(19)10-5-6-11(16)14(18)13(10)17/h5-6,9H,7-8H2,1-4H3. The van der Waals surface area contributed by atoms with Crippen LogP contribution in [0.4, 0.5) is 13.2 Å². The third-order valence-electron chi connectivity index (χ3n) is 2.83. The minimum absolute atomic E-state index is 0.0556. The summed E-state index contributed by atoms with van der Waals surface area (Å²) in [5.74, 6) is -4.70. The van der Waals surface area contributed by atoms with Crippen LogP contribution in [0.3, 0.4) is 0 Å². The molecule has 0 N–H and O–H groups in total. The molecular formula is C15H19F3O. The summed E-state index contributed by atoms with van der Waals surface area (Å²) in [6.45, 7) is 8.03. The molecule has 0 bridgehead atoms. The van der Waals surface area contributed by atoms with Gasteiger partial charge >= 0.3 is 0 Å². The van der Waals surface area contributed by atoms with Crippen LogP contribution in [0, 0.1) is 28.8 Å². The first-order valence-corrected chi connectivity index (χ1v) is 6.28. The maximum Gasteiger partial charge on any atom is 0.195 e. The Hall–Kier alpha value is -1.32. The number of rotatable bonds is 4. The highest BCUT2D eigenvalue weighted by Gasteiger charge is 2.22. The minimum atomic E-state index is -1.59. The van der Waals surface area contributed by atoms with E-state index >= 15 is 0 Å². The van der Waals surface area contributed by atoms with E-state index in [9.17, 15) is 18.0 Å². The van der Waals surface area contributed by atoms with E-state index in [1.54, 1.807) is 0 Å². The predicted molar refractivity (Wildman–Crippen MR) is 68.5 cm³/mol. The SMILES string of the molecule is CC(CC(=O)c1ccc(F)c(F)c1F)CC(C)(C)C. The zero-order chi connectivity index (χ0) is 14.8. The molecule has 0 saturated carbocycles. The van der Waals surface area contributed by atoms with Gasteiger partial charge in [-0.2, -0.15) is 0 Å². The van der Waals surface area contributed by atoms with Gasteiger partial charge < -0.3 is 0 Å². The van der Waals surface area contributed by atoms with E-state index in [-0.39, 0.29) is 23.3 Å². The van der Waals surface area contributed by atoms with Crippen LogP contribution < -0.4 is 0 Å². The Balaban J connectivity index is 2.82. The van der Waals surface area contributed by atoms with Crippen molar-refractivity contribution in [2.75, 3.05) is 0 Å². The first-order chi connectivity index (χ1) is 8.61. The number of hydrogen-bond acceptors (Lipinski definition) is 1. The maximum atomic E-state index is 13.5. The van der Waals surface area contributed by atoms with Crippen molar-refractivity contribution in [3.8, 4) is 0 Å². The summed E-state index contributed by atoms with van der Waals surface area (Å²) in [6.07, 6.45) is 0.920. The first-order valence-electron chi connectivity index (χ1n) is 6.28. The first kappa shape index (κ1) is 15.7. The average molecular weight is 272 g/mol. The molecule has 1 nitrogen and oxygen atoms in total. The molecule has 1 unspecified atom stereocenters. The van der Waals surface area contributed by atoms with E-state index in [0.717, 1.165) is 18.6 Å². The lowest BCUT2D eigenvalue weighted by Crippen LogP contribution is -2.15. The Morgan fingerprint density at radius 2 is 1.74 bits per heavy atom. The molecule has 0 amide bonds. The molecule has 1 aromatic carbocycles. The van der Waals surface area contributed by atoms with Crippen LogP contribution in [0.1, 0.15) is 50.9 Å². The minimum Gasteiger partial charge on any atom is -0.294 e. The van der Waals surface area contributed by atoms with Crippen LogP contribution in [0.25, 0.3) is 0 Å². The van der Waals surface area contributed by atoms with E-state index in [1.807, 2.05) is 27.7 Å². The van der Waals surface area contributed by atoms with E-state index in [4.69, 9.17) is 0 Å². The molecule has 1 rings (SSSR count). The number of benzene rings is 1. The van der Waals surface area contributed by atoms with Gasteiger partial charge in [-0.25, -0.2) is 13.2 Å². The number of halogens is 3. The van der Waals surface area contributed by atoms with Gasteiger partial charge in [0.15, 0.2) is 23.2 Å². The summed E-state index contributed by atoms with van der Waals surface area (Å²) in [5.41, 5.74) is -0.314. The molecule has 19 heavy (non-hydrogen) atoms. The van der Waals surface area contributed by atoms with E-state index in [1.165, 1.54) is 0 Å². The number of ketones is 1. The molecular weight excluding hydrogens is 253 g/mol. The molecule has 0 spiro atoms. The Kier molecular flexibility index (Phi) is 4.77. The molecule has 106 valence electrons. The van der Waals surface area contributed by atoms with Gasteiger partial charge in [-0.05, 0) is 29.9 Å². The van der Waals surface area contributed by atoms with E-state index in [2.05, 4.69) is 0 Å². The van der Waals surface area contributed by atoms with Crippen LogP contribution in [0.15, 0.2) is 12.1 Å². The zero-order valence-corrected chi connectivity index (χ0v) is 11.7. The van der Waals surface area contributed by atoms with Crippen molar-refractivity contribution < 1.29 is 18.0 Å². The molecule has 0 radical (unpaired) electrons. The van der Waals surface area contributed by atoms with Crippen molar-refractivity contribution in [1.29, 1.82) is 0 Å². The molecule has 0 aromatic heterocycles. The fraction of sp³-hybridized carbons (Fsp3) is 0.533.